The van der Waals surface area contributed by atoms with Crippen LogP contribution in [0.4, 0.5) is 11.4 Å². The van der Waals surface area contributed by atoms with Gasteiger partial charge < -0.3 is 10.2 Å². The normalized spacial score (nSPS) is 14.9. The van der Waals surface area contributed by atoms with E-state index in [0.29, 0.717) is 18.8 Å². The topological polar surface area (TPSA) is 49.4 Å². The molecule has 23 heavy (non-hydrogen) atoms. The lowest BCUT2D eigenvalue weighted by molar-refractivity contribution is -0.119. The standard InChI is InChI=1S/C19H28N2O2/c1-13(2)12-21-16-8-7-15(10-14(16)6-9-18(21)23)20-17(22)11-19(3,4)5/h7-8,10,13H,6,9,11-12H2,1-5H3,(H,20,22). The average molecular weight is 316 g/mol. The Bertz CT molecular complexity index is 600. The molecule has 0 unspecified atom stereocenters. The van der Waals surface area contributed by atoms with Gasteiger partial charge in [-0.05, 0) is 41.5 Å². The first kappa shape index (κ1) is 17.5. The minimum Gasteiger partial charge on any atom is -0.326 e. The molecule has 1 heterocycles. The second-order valence-corrected chi connectivity index (χ2v) is 8.03. The van der Waals surface area contributed by atoms with Gasteiger partial charge in [0.2, 0.25) is 11.8 Å². The molecule has 1 aliphatic rings. The van der Waals surface area contributed by atoms with Crippen LogP contribution in [0, 0.1) is 11.3 Å². The molecule has 0 atom stereocenters. The van der Waals surface area contributed by atoms with Crippen molar-refractivity contribution in [2.75, 3.05) is 16.8 Å². The van der Waals surface area contributed by atoms with Gasteiger partial charge in [0, 0.05) is 30.8 Å². The number of nitrogens with zero attached hydrogens (tertiary/aromatic N) is 1. The number of carbonyl (C=O) groups is 2. The fourth-order valence-corrected chi connectivity index (χ4v) is 2.89. The molecule has 126 valence electrons. The van der Waals surface area contributed by atoms with Crippen molar-refractivity contribution >= 4 is 23.2 Å². The third-order valence-electron chi connectivity index (χ3n) is 3.80. The van der Waals surface area contributed by atoms with E-state index in [4.69, 9.17) is 0 Å². The predicted molar refractivity (Wildman–Crippen MR) is 94.7 cm³/mol. The van der Waals surface area contributed by atoms with Gasteiger partial charge in [0.25, 0.3) is 0 Å². The lowest BCUT2D eigenvalue weighted by Gasteiger charge is -2.31. The first-order chi connectivity index (χ1) is 10.7. The Kier molecular flexibility index (Phi) is 5.12. The number of fused-ring (bicyclic) bond motifs is 1. The summed E-state index contributed by atoms with van der Waals surface area (Å²) in [5, 5.41) is 2.97. The zero-order valence-electron chi connectivity index (χ0n) is 14.9. The lowest BCUT2D eigenvalue weighted by atomic mass is 9.92. The van der Waals surface area contributed by atoms with E-state index in [1.54, 1.807) is 0 Å². The van der Waals surface area contributed by atoms with Crippen LogP contribution in [0.1, 0.15) is 53.0 Å². The fourth-order valence-electron chi connectivity index (χ4n) is 2.89. The number of aryl methyl sites for hydroxylation is 1. The Hall–Kier alpha value is -1.84. The van der Waals surface area contributed by atoms with Crippen LogP contribution in [0.5, 0.6) is 0 Å². The lowest BCUT2D eigenvalue weighted by Crippen LogP contribution is -2.37. The SMILES string of the molecule is CC(C)CN1C(=O)CCc2cc(NC(=O)CC(C)(C)C)ccc21. The van der Waals surface area contributed by atoms with Crippen molar-refractivity contribution < 1.29 is 9.59 Å². The van der Waals surface area contributed by atoms with Gasteiger partial charge >= 0.3 is 0 Å². The van der Waals surface area contributed by atoms with Crippen molar-refractivity contribution in [1.29, 1.82) is 0 Å². The number of amides is 2. The maximum Gasteiger partial charge on any atom is 0.227 e. The average Bonchev–Trinajstić information content (AvgIpc) is 2.39. The van der Waals surface area contributed by atoms with Gasteiger partial charge in [-0.2, -0.15) is 0 Å². The second kappa shape index (κ2) is 6.73. The number of hydrogen-bond donors (Lipinski definition) is 1. The van der Waals surface area contributed by atoms with E-state index in [1.165, 1.54) is 0 Å². The molecule has 0 radical (unpaired) electrons. The molecule has 0 saturated carbocycles. The summed E-state index contributed by atoms with van der Waals surface area (Å²) in [5.41, 5.74) is 2.91. The molecule has 2 amide bonds. The maximum absolute atomic E-state index is 12.2. The van der Waals surface area contributed by atoms with Crippen LogP contribution in [-0.4, -0.2) is 18.4 Å². The minimum absolute atomic E-state index is 0.0290. The molecule has 1 N–H and O–H groups in total. The molecular weight excluding hydrogens is 288 g/mol. The summed E-state index contributed by atoms with van der Waals surface area (Å²) in [5.74, 6) is 0.648. The van der Waals surface area contributed by atoms with Crippen LogP contribution >= 0.6 is 0 Å². The van der Waals surface area contributed by atoms with Crippen molar-refractivity contribution in [2.24, 2.45) is 11.3 Å². The molecule has 0 aromatic heterocycles. The van der Waals surface area contributed by atoms with E-state index in [2.05, 4.69) is 39.9 Å². The summed E-state index contributed by atoms with van der Waals surface area (Å²) < 4.78 is 0. The van der Waals surface area contributed by atoms with Crippen LogP contribution in [-0.2, 0) is 16.0 Å². The first-order valence-electron chi connectivity index (χ1n) is 8.39. The smallest absolute Gasteiger partial charge is 0.227 e. The molecule has 4 nitrogen and oxygen atoms in total. The van der Waals surface area contributed by atoms with Gasteiger partial charge in [-0.1, -0.05) is 34.6 Å². The summed E-state index contributed by atoms with van der Waals surface area (Å²) >= 11 is 0. The van der Waals surface area contributed by atoms with E-state index in [1.807, 2.05) is 23.1 Å². The molecule has 0 bridgehead atoms. The molecule has 1 aromatic carbocycles. The predicted octanol–water partition coefficient (Wildman–Crippen LogP) is 4.00. The maximum atomic E-state index is 12.2. The van der Waals surface area contributed by atoms with Crippen LogP contribution < -0.4 is 10.2 Å². The zero-order chi connectivity index (χ0) is 17.2. The van der Waals surface area contributed by atoms with E-state index in [9.17, 15) is 9.59 Å². The van der Waals surface area contributed by atoms with Crippen LogP contribution in [0.25, 0.3) is 0 Å². The van der Waals surface area contributed by atoms with Crippen molar-refractivity contribution in [3.63, 3.8) is 0 Å². The van der Waals surface area contributed by atoms with Crippen molar-refractivity contribution in [3.05, 3.63) is 23.8 Å². The Morgan fingerprint density at radius 2 is 1.96 bits per heavy atom. The Morgan fingerprint density at radius 3 is 2.57 bits per heavy atom. The third kappa shape index (κ3) is 4.81. The molecule has 1 aliphatic heterocycles. The molecule has 0 saturated heterocycles. The third-order valence-corrected chi connectivity index (χ3v) is 3.80. The summed E-state index contributed by atoms with van der Waals surface area (Å²) in [6, 6.07) is 5.86. The number of hydrogen-bond acceptors (Lipinski definition) is 2. The van der Waals surface area contributed by atoms with Crippen molar-refractivity contribution in [3.8, 4) is 0 Å². The van der Waals surface area contributed by atoms with Crippen LogP contribution in [0.15, 0.2) is 18.2 Å². The number of carbonyl (C=O) groups excluding carboxylic acids is 2. The Balaban J connectivity index is 2.16. The minimum atomic E-state index is -0.0290. The Morgan fingerprint density at radius 1 is 1.26 bits per heavy atom. The zero-order valence-corrected chi connectivity index (χ0v) is 14.9. The molecular formula is C19H28N2O2. The van der Waals surface area contributed by atoms with Gasteiger partial charge in [-0.25, -0.2) is 0 Å². The van der Waals surface area contributed by atoms with Gasteiger partial charge in [-0.3, -0.25) is 9.59 Å². The summed E-state index contributed by atoms with van der Waals surface area (Å²) in [7, 11) is 0. The fraction of sp³-hybridized carbons (Fsp3) is 0.579. The van der Waals surface area contributed by atoms with Gasteiger partial charge in [0.1, 0.15) is 0 Å². The molecule has 0 spiro atoms. The summed E-state index contributed by atoms with van der Waals surface area (Å²) in [6.45, 7) is 11.1. The monoisotopic (exact) mass is 316 g/mol. The highest BCUT2D eigenvalue weighted by Gasteiger charge is 2.25. The summed E-state index contributed by atoms with van der Waals surface area (Å²) in [6.07, 6.45) is 1.77. The molecule has 1 aromatic rings. The number of nitrogens with one attached hydrogen (secondary N) is 1. The highest BCUT2D eigenvalue weighted by Crippen LogP contribution is 2.31. The highest BCUT2D eigenvalue weighted by molar-refractivity contribution is 5.97. The second-order valence-electron chi connectivity index (χ2n) is 8.03. The van der Waals surface area contributed by atoms with E-state index < -0.39 is 0 Å². The van der Waals surface area contributed by atoms with Crippen molar-refractivity contribution in [2.45, 2.75) is 53.9 Å². The van der Waals surface area contributed by atoms with Crippen LogP contribution in [0.2, 0.25) is 0 Å². The highest BCUT2D eigenvalue weighted by atomic mass is 16.2. The van der Waals surface area contributed by atoms with E-state index in [0.717, 1.165) is 29.9 Å². The quantitative estimate of drug-likeness (QED) is 0.913. The van der Waals surface area contributed by atoms with Gasteiger partial charge in [0.15, 0.2) is 0 Å². The first-order valence-corrected chi connectivity index (χ1v) is 8.39. The van der Waals surface area contributed by atoms with Gasteiger partial charge in [-0.15, -0.1) is 0 Å². The van der Waals surface area contributed by atoms with Gasteiger partial charge in [0.05, 0.1) is 0 Å². The number of benzene rings is 1. The number of rotatable bonds is 4. The summed E-state index contributed by atoms with van der Waals surface area (Å²) in [4.78, 5) is 26.1. The molecule has 2 rings (SSSR count). The molecule has 0 fully saturated rings. The largest absolute Gasteiger partial charge is 0.326 e. The van der Waals surface area contributed by atoms with E-state index >= 15 is 0 Å². The van der Waals surface area contributed by atoms with Crippen molar-refractivity contribution in [1.82, 2.24) is 0 Å². The molecule has 0 aliphatic carbocycles. The molecule has 4 heteroatoms. The van der Waals surface area contributed by atoms with Crippen LogP contribution in [0.3, 0.4) is 0 Å². The number of anilines is 2. The van der Waals surface area contributed by atoms with E-state index in [-0.39, 0.29) is 17.2 Å². The Labute approximate surface area is 139 Å².